The molecule has 3 rings (SSSR count). The quantitative estimate of drug-likeness (QED) is 0.883. The Bertz CT molecular complexity index is 608. The van der Waals surface area contributed by atoms with Gasteiger partial charge in [-0.15, -0.1) is 0 Å². The first-order valence-electron chi connectivity index (χ1n) is 6.44. The fourth-order valence-corrected chi connectivity index (χ4v) is 2.76. The van der Waals surface area contributed by atoms with Crippen molar-refractivity contribution in [3.05, 3.63) is 12.7 Å². The third kappa shape index (κ3) is 1.63. The first-order chi connectivity index (χ1) is 8.98. The molecule has 1 aliphatic rings. The Labute approximate surface area is 112 Å². The maximum Gasteiger partial charge on any atom is 0.182 e. The van der Waals surface area contributed by atoms with Gasteiger partial charge in [0, 0.05) is 18.6 Å². The van der Waals surface area contributed by atoms with Crippen LogP contribution in [0.2, 0.25) is 0 Å². The third-order valence-corrected chi connectivity index (χ3v) is 4.81. The van der Waals surface area contributed by atoms with Crippen LogP contribution in [-0.2, 0) is 4.74 Å². The summed E-state index contributed by atoms with van der Waals surface area (Å²) in [5, 5.41) is 3.48. The Morgan fingerprint density at radius 2 is 2.11 bits per heavy atom. The van der Waals surface area contributed by atoms with Gasteiger partial charge in [0.05, 0.1) is 11.9 Å². The molecule has 0 bridgehead atoms. The van der Waals surface area contributed by atoms with Crippen LogP contribution >= 0.6 is 0 Å². The van der Waals surface area contributed by atoms with Crippen molar-refractivity contribution in [2.75, 3.05) is 12.4 Å². The van der Waals surface area contributed by atoms with E-state index < -0.39 is 0 Å². The summed E-state index contributed by atoms with van der Waals surface area (Å²) >= 11 is 0. The molecule has 0 unspecified atom stereocenters. The molecule has 0 radical (unpaired) electrons. The van der Waals surface area contributed by atoms with Gasteiger partial charge in [0.25, 0.3) is 0 Å². The molecule has 0 aliphatic heterocycles. The smallest absolute Gasteiger partial charge is 0.182 e. The summed E-state index contributed by atoms with van der Waals surface area (Å²) in [6.45, 7) is 6.57. The highest BCUT2D eigenvalue weighted by molar-refractivity contribution is 5.82. The van der Waals surface area contributed by atoms with E-state index in [9.17, 15) is 0 Å². The highest BCUT2D eigenvalue weighted by atomic mass is 16.5. The lowest BCUT2D eigenvalue weighted by molar-refractivity contribution is -0.166. The zero-order valence-electron chi connectivity index (χ0n) is 11.7. The zero-order valence-corrected chi connectivity index (χ0v) is 11.7. The number of fused-ring (bicyclic) bond motifs is 1. The van der Waals surface area contributed by atoms with Crippen molar-refractivity contribution in [2.45, 2.75) is 38.8 Å². The van der Waals surface area contributed by atoms with Gasteiger partial charge in [-0.2, -0.15) is 0 Å². The second-order valence-electron chi connectivity index (χ2n) is 5.88. The Morgan fingerprint density at radius 3 is 2.79 bits per heavy atom. The molecule has 2 heterocycles. The first-order valence-corrected chi connectivity index (χ1v) is 6.44. The topological polar surface area (TPSA) is 75.7 Å². The van der Waals surface area contributed by atoms with Crippen molar-refractivity contribution in [2.24, 2.45) is 5.41 Å². The van der Waals surface area contributed by atoms with Crippen molar-refractivity contribution in [1.82, 2.24) is 19.9 Å². The van der Waals surface area contributed by atoms with Gasteiger partial charge < -0.3 is 15.0 Å². The van der Waals surface area contributed by atoms with Crippen LogP contribution in [0.15, 0.2) is 12.7 Å². The lowest BCUT2D eigenvalue weighted by Crippen LogP contribution is -2.65. The average Bonchev–Trinajstić information content (AvgIpc) is 2.87. The molecule has 2 N–H and O–H groups in total. The molecular weight excluding hydrogens is 242 g/mol. The molecular formula is C13H19N5O. The van der Waals surface area contributed by atoms with Crippen molar-refractivity contribution in [3.8, 4) is 0 Å². The number of H-pyrrole nitrogens is 1. The highest BCUT2D eigenvalue weighted by Crippen LogP contribution is 2.52. The van der Waals surface area contributed by atoms with E-state index in [2.05, 4.69) is 46.0 Å². The van der Waals surface area contributed by atoms with Crippen LogP contribution in [-0.4, -0.2) is 38.7 Å². The Balaban J connectivity index is 1.86. The van der Waals surface area contributed by atoms with Gasteiger partial charge in [-0.3, -0.25) is 0 Å². The normalized spacial score (nSPS) is 29.2. The van der Waals surface area contributed by atoms with Crippen molar-refractivity contribution < 1.29 is 4.74 Å². The number of nitrogens with one attached hydrogen (secondary N) is 2. The van der Waals surface area contributed by atoms with Crippen molar-refractivity contribution in [1.29, 1.82) is 0 Å². The summed E-state index contributed by atoms with van der Waals surface area (Å²) in [7, 11) is 1.77. The van der Waals surface area contributed by atoms with E-state index in [-0.39, 0.29) is 11.0 Å². The van der Waals surface area contributed by atoms with Gasteiger partial charge in [0.15, 0.2) is 11.5 Å². The first kappa shape index (κ1) is 12.3. The lowest BCUT2D eigenvalue weighted by atomic mass is 9.56. The van der Waals surface area contributed by atoms with E-state index in [0.717, 1.165) is 17.8 Å². The number of rotatable bonds is 3. The van der Waals surface area contributed by atoms with Crippen molar-refractivity contribution >= 4 is 17.0 Å². The second kappa shape index (κ2) is 3.90. The molecule has 19 heavy (non-hydrogen) atoms. The summed E-state index contributed by atoms with van der Waals surface area (Å²) in [5.41, 5.74) is 1.48. The third-order valence-electron chi connectivity index (χ3n) is 4.81. The minimum atomic E-state index is -0.0925. The minimum absolute atomic E-state index is 0.0407. The second-order valence-corrected chi connectivity index (χ2v) is 5.88. The van der Waals surface area contributed by atoms with E-state index in [1.54, 1.807) is 13.4 Å². The van der Waals surface area contributed by atoms with E-state index in [0.29, 0.717) is 11.7 Å². The van der Waals surface area contributed by atoms with Crippen LogP contribution in [0.5, 0.6) is 0 Å². The van der Waals surface area contributed by atoms with Crippen LogP contribution in [0.4, 0.5) is 5.82 Å². The summed E-state index contributed by atoms with van der Waals surface area (Å²) in [4.78, 5) is 15.6. The van der Waals surface area contributed by atoms with Gasteiger partial charge in [-0.05, 0) is 13.3 Å². The fourth-order valence-electron chi connectivity index (χ4n) is 2.76. The number of aromatic amines is 1. The predicted molar refractivity (Wildman–Crippen MR) is 72.9 cm³/mol. The molecule has 0 saturated heterocycles. The Morgan fingerprint density at radius 1 is 1.32 bits per heavy atom. The van der Waals surface area contributed by atoms with Crippen LogP contribution in [0.3, 0.4) is 0 Å². The van der Waals surface area contributed by atoms with Gasteiger partial charge in [-0.25, -0.2) is 15.0 Å². The number of ether oxygens (including phenoxy) is 1. The summed E-state index contributed by atoms with van der Waals surface area (Å²) in [6, 6.07) is 0.318. The number of hydrogen-bond acceptors (Lipinski definition) is 5. The van der Waals surface area contributed by atoms with Crippen LogP contribution in [0.1, 0.15) is 27.2 Å². The summed E-state index contributed by atoms with van der Waals surface area (Å²) in [6.07, 6.45) is 4.12. The van der Waals surface area contributed by atoms with E-state index >= 15 is 0 Å². The molecule has 1 aliphatic carbocycles. The van der Waals surface area contributed by atoms with E-state index in [1.165, 1.54) is 6.33 Å². The summed E-state index contributed by atoms with van der Waals surface area (Å²) in [5.74, 6) is 0.804. The van der Waals surface area contributed by atoms with Gasteiger partial charge >= 0.3 is 0 Å². The molecule has 6 heteroatoms. The maximum absolute atomic E-state index is 5.64. The SMILES string of the molecule is CO[C@@]1(C)C[C@H](Nc2ncnc3nc[nH]c23)C1(C)C. The van der Waals surface area contributed by atoms with Gasteiger partial charge in [0.1, 0.15) is 11.8 Å². The number of anilines is 1. The Hall–Kier alpha value is -1.69. The fraction of sp³-hybridized carbons (Fsp3) is 0.615. The van der Waals surface area contributed by atoms with E-state index in [1.807, 2.05) is 0 Å². The number of methoxy groups -OCH3 is 1. The summed E-state index contributed by atoms with van der Waals surface area (Å²) < 4.78 is 5.64. The van der Waals surface area contributed by atoms with E-state index in [4.69, 9.17) is 4.74 Å². The molecule has 102 valence electrons. The number of aromatic nitrogens is 4. The molecule has 2 atom stereocenters. The molecule has 0 spiro atoms. The number of imidazole rings is 1. The average molecular weight is 261 g/mol. The lowest BCUT2D eigenvalue weighted by Gasteiger charge is -2.59. The van der Waals surface area contributed by atoms with Gasteiger partial charge in [-0.1, -0.05) is 13.8 Å². The predicted octanol–water partition coefficient (Wildman–Crippen LogP) is 1.97. The van der Waals surface area contributed by atoms with Crippen LogP contribution < -0.4 is 5.32 Å². The molecule has 2 aromatic heterocycles. The molecule has 0 aromatic carbocycles. The number of hydrogen-bond donors (Lipinski definition) is 2. The standard InChI is InChI=1S/C13H19N5O/c1-12(2)8(5-13(12,3)19-4)18-11-9-10(15-6-14-9)16-7-17-11/h6-8H,5H2,1-4H3,(H2,14,15,16,17,18)/t8-,13-/m0/s1. The highest BCUT2D eigenvalue weighted by Gasteiger charge is 2.57. The van der Waals surface area contributed by atoms with Crippen LogP contribution in [0.25, 0.3) is 11.2 Å². The number of nitrogens with zero attached hydrogens (tertiary/aromatic N) is 3. The van der Waals surface area contributed by atoms with Crippen LogP contribution in [0, 0.1) is 5.41 Å². The van der Waals surface area contributed by atoms with Gasteiger partial charge in [0.2, 0.25) is 0 Å². The molecule has 1 fully saturated rings. The Kier molecular flexibility index (Phi) is 2.53. The largest absolute Gasteiger partial charge is 0.378 e. The molecule has 0 amide bonds. The zero-order chi connectivity index (χ0) is 13.7. The molecule has 2 aromatic rings. The maximum atomic E-state index is 5.64. The minimum Gasteiger partial charge on any atom is -0.378 e. The molecule has 1 saturated carbocycles. The van der Waals surface area contributed by atoms with Crippen molar-refractivity contribution in [3.63, 3.8) is 0 Å². The monoisotopic (exact) mass is 261 g/mol. The molecule has 6 nitrogen and oxygen atoms in total.